The predicted molar refractivity (Wildman–Crippen MR) is 207 cm³/mol. The molecule has 2 bridgehead atoms. The van der Waals surface area contributed by atoms with Crippen LogP contribution in [-0.2, 0) is 38.1 Å². The van der Waals surface area contributed by atoms with Gasteiger partial charge in [-0.3, -0.25) is 14.4 Å². The van der Waals surface area contributed by atoms with Crippen LogP contribution in [0.4, 0.5) is 0 Å². The molecule has 3 fully saturated rings. The van der Waals surface area contributed by atoms with Gasteiger partial charge in [-0.15, -0.1) is 0 Å². The van der Waals surface area contributed by atoms with Gasteiger partial charge < -0.3 is 49.5 Å². The number of hydrogen-bond donors (Lipinski definition) is 6. The second-order valence-electron chi connectivity index (χ2n) is 17.5. The molecule has 0 aromatic heterocycles. The summed E-state index contributed by atoms with van der Waals surface area (Å²) in [5, 5.41) is 51.9. The summed E-state index contributed by atoms with van der Waals surface area (Å²) in [6.07, 6.45) is -10.4. The lowest BCUT2D eigenvalue weighted by Crippen LogP contribution is -2.81. The zero-order chi connectivity index (χ0) is 42.7. The quantitative estimate of drug-likeness (QED) is 0.0872. The van der Waals surface area contributed by atoms with Crippen LogP contribution in [0.15, 0.2) is 71.8 Å². The van der Waals surface area contributed by atoms with Crippen LogP contribution < -0.4 is 5.32 Å². The van der Waals surface area contributed by atoms with Gasteiger partial charge in [0, 0.05) is 37.1 Å². The second kappa shape index (κ2) is 15.4. The average Bonchev–Trinajstić information content (AvgIpc) is 3.15. The molecular formula is C42H53NO14Si. The minimum atomic E-state index is -2.92. The fourth-order valence-electron chi connectivity index (χ4n) is 9.59. The minimum absolute atomic E-state index is 0.00314. The number of aliphatic hydroxyl groups excluding tert-OH is 2. The summed E-state index contributed by atoms with van der Waals surface area (Å²) in [5.41, 5.74) is -7.36. The molecule has 11 atom stereocenters. The van der Waals surface area contributed by atoms with Crippen LogP contribution in [0, 0.1) is 16.7 Å². The predicted octanol–water partition coefficient (Wildman–Crippen LogP) is 2.05. The van der Waals surface area contributed by atoms with Crippen LogP contribution in [0.1, 0.15) is 69.4 Å². The normalized spacial score (nSPS) is 33.8. The molecule has 314 valence electrons. The molecule has 1 aliphatic heterocycles. The maximum Gasteiger partial charge on any atom is 0.338 e. The van der Waals surface area contributed by atoms with Gasteiger partial charge >= 0.3 is 17.9 Å². The minimum Gasteiger partial charge on any atom is -0.456 e. The SMILES string of the molecule is CC(=O)O[C@H]1C(=O)[C@@]2(C)[C@H]([C@H](OC(=O)c3ccccc3)[C@]3(O)C[C@H](OC(=O)[C@H](O)[C@@H](NC(=O)C[Si](C)(C)O)c4ccccc4)C(C)=C1C3(C)C)[C@]1(O)CO[C@@H]1C[C@@H]2O. The average molecular weight is 824 g/mol. The maximum atomic E-state index is 15.2. The third kappa shape index (κ3) is 7.33. The summed E-state index contributed by atoms with van der Waals surface area (Å²) >= 11 is 0. The molecule has 3 aliphatic carbocycles. The molecule has 58 heavy (non-hydrogen) atoms. The van der Waals surface area contributed by atoms with Gasteiger partial charge in [0.25, 0.3) is 0 Å². The third-order valence-electron chi connectivity index (χ3n) is 12.8. The molecule has 6 rings (SSSR count). The zero-order valence-electron chi connectivity index (χ0n) is 33.6. The zero-order valence-corrected chi connectivity index (χ0v) is 34.6. The van der Waals surface area contributed by atoms with Crippen molar-refractivity contribution in [1.29, 1.82) is 0 Å². The van der Waals surface area contributed by atoms with Crippen LogP contribution in [0.25, 0.3) is 0 Å². The first-order valence-electron chi connectivity index (χ1n) is 19.4. The van der Waals surface area contributed by atoms with E-state index in [1.807, 2.05) is 0 Å². The molecule has 2 saturated carbocycles. The molecule has 15 nitrogen and oxygen atoms in total. The van der Waals surface area contributed by atoms with Crippen molar-refractivity contribution in [1.82, 2.24) is 5.32 Å². The van der Waals surface area contributed by atoms with E-state index in [4.69, 9.17) is 18.9 Å². The number of ether oxygens (including phenoxy) is 4. The first-order valence-corrected chi connectivity index (χ1v) is 22.5. The summed E-state index contributed by atoms with van der Waals surface area (Å²) in [4.78, 5) is 79.7. The molecule has 1 amide bonds. The van der Waals surface area contributed by atoms with Crippen molar-refractivity contribution < 1.29 is 68.1 Å². The Morgan fingerprint density at radius 3 is 2.12 bits per heavy atom. The van der Waals surface area contributed by atoms with E-state index in [0.717, 1.165) is 6.92 Å². The molecule has 0 spiro atoms. The molecule has 0 unspecified atom stereocenters. The van der Waals surface area contributed by atoms with Crippen LogP contribution >= 0.6 is 0 Å². The number of fused-ring (bicyclic) bond motifs is 5. The molecule has 0 radical (unpaired) electrons. The van der Waals surface area contributed by atoms with Crippen molar-refractivity contribution in [3.05, 3.63) is 82.9 Å². The van der Waals surface area contributed by atoms with Crippen molar-refractivity contribution in [2.45, 2.75) is 120 Å². The number of ketones is 1. The fraction of sp³-hybridized carbons (Fsp3) is 0.548. The number of rotatable bonds is 10. The Hall–Kier alpha value is -4.29. The highest BCUT2D eigenvalue weighted by atomic mass is 28.4. The standard InChI is InChI=1S/C42H53NO14Si/c1-22-26(56-38(50)32(47)31(24-14-10-8-11-15-24)43-29(46)20-58(6,7)53)19-42(52)36(57-37(49)25-16-12-9-13-17-25)34-40(5,27(45)18-28-41(34,51)21-54-28)35(48)33(55-23(2)44)30(22)39(42,3)4/h8-17,26-28,31-34,36,45,47,51-53H,18-21H2,1-7H3,(H,43,46)/t26-,27-,28+,31-,32+,33+,34-,36-,40+,41-,42+/m0/s1. The number of aliphatic hydroxyl groups is 4. The number of esters is 3. The van der Waals surface area contributed by atoms with Crippen molar-refractivity contribution in [3.8, 4) is 0 Å². The fourth-order valence-corrected chi connectivity index (χ4v) is 10.5. The summed E-state index contributed by atoms with van der Waals surface area (Å²) < 4.78 is 23.7. The Bertz CT molecular complexity index is 1980. The van der Waals surface area contributed by atoms with Crippen LogP contribution in [0.3, 0.4) is 0 Å². The smallest absolute Gasteiger partial charge is 0.338 e. The summed E-state index contributed by atoms with van der Waals surface area (Å²) in [6, 6.07) is 14.4. The molecule has 16 heteroatoms. The van der Waals surface area contributed by atoms with Gasteiger partial charge in [0.05, 0.1) is 35.8 Å². The lowest BCUT2D eigenvalue weighted by atomic mass is 9.44. The summed E-state index contributed by atoms with van der Waals surface area (Å²) in [5.74, 6) is -6.08. The van der Waals surface area contributed by atoms with Crippen LogP contribution in [0.5, 0.6) is 0 Å². The number of carbonyl (C=O) groups is 5. The van der Waals surface area contributed by atoms with Gasteiger partial charge in [-0.05, 0) is 55.8 Å². The van der Waals surface area contributed by atoms with E-state index in [1.54, 1.807) is 75.5 Å². The molecule has 1 heterocycles. The number of carbonyl (C=O) groups excluding carboxylic acids is 5. The molecule has 6 N–H and O–H groups in total. The van der Waals surface area contributed by atoms with Crippen LogP contribution in [-0.4, -0.2) is 118 Å². The molecule has 2 aromatic carbocycles. The van der Waals surface area contributed by atoms with E-state index in [1.165, 1.54) is 26.0 Å². The van der Waals surface area contributed by atoms with E-state index in [9.17, 15) is 44.4 Å². The largest absolute Gasteiger partial charge is 0.456 e. The van der Waals surface area contributed by atoms with Gasteiger partial charge in [0.2, 0.25) is 5.91 Å². The first-order chi connectivity index (χ1) is 27.0. The van der Waals surface area contributed by atoms with Gasteiger partial charge in [-0.25, -0.2) is 9.59 Å². The van der Waals surface area contributed by atoms with Crippen molar-refractivity contribution in [2.75, 3.05) is 6.61 Å². The number of nitrogens with one attached hydrogen (secondary N) is 1. The van der Waals surface area contributed by atoms with Crippen LogP contribution in [0.2, 0.25) is 19.1 Å². The van der Waals surface area contributed by atoms with Crippen molar-refractivity contribution >= 4 is 37.9 Å². The highest BCUT2D eigenvalue weighted by Gasteiger charge is 2.76. The van der Waals surface area contributed by atoms with Gasteiger partial charge in [0.15, 0.2) is 26.3 Å². The maximum absolute atomic E-state index is 15.2. The lowest BCUT2D eigenvalue weighted by Gasteiger charge is -2.66. The summed E-state index contributed by atoms with van der Waals surface area (Å²) in [6.45, 7) is 9.88. The molecule has 4 aliphatic rings. The van der Waals surface area contributed by atoms with E-state index in [-0.39, 0.29) is 35.8 Å². The monoisotopic (exact) mass is 823 g/mol. The van der Waals surface area contributed by atoms with E-state index in [0.29, 0.717) is 5.56 Å². The Kier molecular flexibility index (Phi) is 11.5. The third-order valence-corrected chi connectivity index (χ3v) is 13.9. The highest BCUT2D eigenvalue weighted by Crippen LogP contribution is 2.63. The van der Waals surface area contributed by atoms with Crippen molar-refractivity contribution in [3.63, 3.8) is 0 Å². The lowest BCUT2D eigenvalue weighted by molar-refractivity contribution is -0.343. The molecule has 2 aromatic rings. The van der Waals surface area contributed by atoms with E-state index >= 15 is 4.79 Å². The van der Waals surface area contributed by atoms with Gasteiger partial charge in [0.1, 0.15) is 23.4 Å². The van der Waals surface area contributed by atoms with Gasteiger partial charge in [-0.2, -0.15) is 0 Å². The van der Waals surface area contributed by atoms with Crippen molar-refractivity contribution in [2.24, 2.45) is 16.7 Å². The number of benzene rings is 2. The number of hydrogen-bond acceptors (Lipinski definition) is 14. The number of amides is 1. The summed E-state index contributed by atoms with van der Waals surface area (Å²) in [7, 11) is -2.92. The second-order valence-corrected chi connectivity index (χ2v) is 21.5. The topological polar surface area (TPSA) is 235 Å². The number of Topliss-reactive ketones (excluding diaryl/α,β-unsaturated/α-hetero) is 1. The highest BCUT2D eigenvalue weighted by molar-refractivity contribution is 6.72. The Morgan fingerprint density at radius 1 is 0.966 bits per heavy atom. The molecule has 1 saturated heterocycles. The van der Waals surface area contributed by atoms with E-state index < -0.39 is 115 Å². The van der Waals surface area contributed by atoms with E-state index in [2.05, 4.69) is 5.32 Å². The Morgan fingerprint density at radius 2 is 1.57 bits per heavy atom. The molecular weight excluding hydrogens is 771 g/mol. The first kappa shape index (κ1) is 43.3. The Balaban J connectivity index is 1.50. The van der Waals surface area contributed by atoms with Gasteiger partial charge in [-0.1, -0.05) is 62.4 Å². The Labute approximate surface area is 337 Å².